The van der Waals surface area contributed by atoms with Crippen molar-refractivity contribution in [2.24, 2.45) is 5.92 Å². The predicted molar refractivity (Wildman–Crippen MR) is 73.3 cm³/mol. The fourth-order valence-corrected chi connectivity index (χ4v) is 1.39. The molecule has 3 amide bonds. The van der Waals surface area contributed by atoms with E-state index in [9.17, 15) is 9.59 Å². The average Bonchev–Trinajstić information content (AvgIpc) is 2.34. The van der Waals surface area contributed by atoms with Gasteiger partial charge in [0.1, 0.15) is 5.75 Å². The molecule has 0 spiro atoms. The zero-order valence-corrected chi connectivity index (χ0v) is 11.7. The molecular weight excluding hydrogens is 268 g/mol. The summed E-state index contributed by atoms with van der Waals surface area (Å²) in [5.74, 6) is 0.287. The van der Waals surface area contributed by atoms with Gasteiger partial charge < -0.3 is 10.1 Å². The maximum Gasteiger partial charge on any atom is 0.321 e. The third-order valence-corrected chi connectivity index (χ3v) is 2.32. The summed E-state index contributed by atoms with van der Waals surface area (Å²) in [6.07, 6.45) is 0. The van der Waals surface area contributed by atoms with Crippen LogP contribution < -0.4 is 15.4 Å². The van der Waals surface area contributed by atoms with E-state index in [4.69, 9.17) is 16.3 Å². The van der Waals surface area contributed by atoms with Crippen molar-refractivity contribution < 1.29 is 14.3 Å². The first kappa shape index (κ1) is 15.3. The van der Waals surface area contributed by atoms with Gasteiger partial charge in [0.05, 0.1) is 0 Å². The Morgan fingerprint density at radius 3 is 2.74 bits per heavy atom. The Hall–Kier alpha value is -1.75. The molecule has 0 radical (unpaired) electrons. The van der Waals surface area contributed by atoms with E-state index in [2.05, 4.69) is 10.6 Å². The minimum absolute atomic E-state index is 0.241. The normalized spacial score (nSPS) is 10.1. The molecule has 6 heteroatoms. The lowest BCUT2D eigenvalue weighted by molar-refractivity contribution is -0.122. The van der Waals surface area contributed by atoms with Gasteiger partial charge in [-0.05, 0) is 24.1 Å². The van der Waals surface area contributed by atoms with Crippen molar-refractivity contribution in [1.82, 2.24) is 10.6 Å². The highest BCUT2D eigenvalue weighted by Gasteiger charge is 2.08. The van der Waals surface area contributed by atoms with Crippen molar-refractivity contribution in [3.05, 3.63) is 29.3 Å². The Bertz CT molecular complexity index is 449. The number of ether oxygens (including phenoxy) is 1. The Morgan fingerprint density at radius 1 is 1.37 bits per heavy atom. The van der Waals surface area contributed by atoms with Gasteiger partial charge in [0.25, 0.3) is 5.91 Å². The predicted octanol–water partition coefficient (Wildman–Crippen LogP) is 2.20. The minimum atomic E-state index is -0.520. The van der Waals surface area contributed by atoms with Gasteiger partial charge in [-0.15, -0.1) is 0 Å². The van der Waals surface area contributed by atoms with E-state index < -0.39 is 11.9 Å². The second-order valence-electron chi connectivity index (χ2n) is 4.40. The van der Waals surface area contributed by atoms with E-state index in [1.165, 1.54) is 0 Å². The van der Waals surface area contributed by atoms with E-state index in [0.29, 0.717) is 23.2 Å². The Balaban J connectivity index is 2.30. The number of halogens is 1. The molecule has 0 atom stereocenters. The molecular formula is C13H17ClN2O3. The third kappa shape index (κ3) is 6.67. The quantitative estimate of drug-likeness (QED) is 0.871. The molecule has 1 aromatic carbocycles. The maximum atomic E-state index is 11.4. The largest absolute Gasteiger partial charge is 0.484 e. The lowest BCUT2D eigenvalue weighted by Gasteiger charge is -2.09. The van der Waals surface area contributed by atoms with Gasteiger partial charge in [-0.2, -0.15) is 0 Å². The second kappa shape index (κ2) is 7.63. The van der Waals surface area contributed by atoms with E-state index in [0.717, 1.165) is 0 Å². The molecule has 0 aliphatic rings. The van der Waals surface area contributed by atoms with Crippen LogP contribution >= 0.6 is 11.6 Å². The van der Waals surface area contributed by atoms with Crippen LogP contribution in [0.1, 0.15) is 13.8 Å². The summed E-state index contributed by atoms with van der Waals surface area (Å²) >= 11 is 5.77. The molecule has 0 saturated carbocycles. The molecule has 1 aromatic rings. The van der Waals surface area contributed by atoms with Gasteiger partial charge in [-0.1, -0.05) is 31.5 Å². The van der Waals surface area contributed by atoms with Crippen LogP contribution in [0.25, 0.3) is 0 Å². The summed E-state index contributed by atoms with van der Waals surface area (Å²) in [5, 5.41) is 5.27. The van der Waals surface area contributed by atoms with Crippen molar-refractivity contribution in [3.63, 3.8) is 0 Å². The molecule has 0 unspecified atom stereocenters. The van der Waals surface area contributed by atoms with E-state index in [-0.39, 0.29) is 6.61 Å². The highest BCUT2D eigenvalue weighted by atomic mass is 35.5. The molecule has 2 N–H and O–H groups in total. The van der Waals surface area contributed by atoms with Crippen LogP contribution in [0.4, 0.5) is 4.79 Å². The van der Waals surface area contributed by atoms with Crippen molar-refractivity contribution in [3.8, 4) is 5.75 Å². The molecule has 0 fully saturated rings. The van der Waals surface area contributed by atoms with Gasteiger partial charge in [-0.25, -0.2) is 4.79 Å². The first-order valence-electron chi connectivity index (χ1n) is 5.93. The number of imide groups is 1. The number of urea groups is 1. The molecule has 0 heterocycles. The Morgan fingerprint density at radius 2 is 2.11 bits per heavy atom. The third-order valence-electron chi connectivity index (χ3n) is 2.09. The molecule has 0 aliphatic carbocycles. The molecule has 5 nitrogen and oxygen atoms in total. The topological polar surface area (TPSA) is 67.4 Å². The van der Waals surface area contributed by atoms with Gasteiger partial charge >= 0.3 is 6.03 Å². The molecule has 0 aliphatic heterocycles. The zero-order valence-electron chi connectivity index (χ0n) is 10.9. The number of carbonyl (C=O) groups excluding carboxylic acids is 2. The smallest absolute Gasteiger partial charge is 0.321 e. The van der Waals surface area contributed by atoms with Crippen LogP contribution in [0.15, 0.2) is 24.3 Å². The second-order valence-corrected chi connectivity index (χ2v) is 4.83. The standard InChI is InChI=1S/C13H17ClN2O3/c1-9(2)7-15-13(18)16-12(17)8-19-11-5-3-4-10(14)6-11/h3-6,9H,7-8H2,1-2H3,(H2,15,16,17,18). The Kier molecular flexibility index (Phi) is 6.15. The van der Waals surface area contributed by atoms with Crippen molar-refractivity contribution in [2.45, 2.75) is 13.8 Å². The minimum Gasteiger partial charge on any atom is -0.484 e. The summed E-state index contributed by atoms with van der Waals surface area (Å²) in [6, 6.07) is 6.16. The maximum absolute atomic E-state index is 11.4. The van der Waals surface area contributed by atoms with Crippen LogP contribution in [-0.4, -0.2) is 25.1 Å². The number of rotatable bonds is 5. The lowest BCUT2D eigenvalue weighted by atomic mass is 10.2. The summed E-state index contributed by atoms with van der Waals surface area (Å²) in [4.78, 5) is 22.7. The van der Waals surface area contributed by atoms with Gasteiger partial charge in [0.15, 0.2) is 6.61 Å². The van der Waals surface area contributed by atoms with Crippen molar-refractivity contribution >= 4 is 23.5 Å². The van der Waals surface area contributed by atoms with Crippen molar-refractivity contribution in [1.29, 1.82) is 0 Å². The van der Waals surface area contributed by atoms with Gasteiger partial charge in [0.2, 0.25) is 0 Å². The number of nitrogens with one attached hydrogen (secondary N) is 2. The molecule has 0 aromatic heterocycles. The Labute approximate surface area is 117 Å². The zero-order chi connectivity index (χ0) is 14.3. The van der Waals surface area contributed by atoms with Crippen LogP contribution in [-0.2, 0) is 4.79 Å². The number of benzene rings is 1. The number of hydrogen-bond acceptors (Lipinski definition) is 3. The van der Waals surface area contributed by atoms with E-state index in [1.807, 2.05) is 13.8 Å². The molecule has 1 rings (SSSR count). The van der Waals surface area contributed by atoms with Crippen LogP contribution in [0.5, 0.6) is 5.75 Å². The van der Waals surface area contributed by atoms with Crippen LogP contribution in [0.2, 0.25) is 5.02 Å². The fourth-order valence-electron chi connectivity index (χ4n) is 1.21. The first-order chi connectivity index (χ1) is 8.97. The molecule has 0 saturated heterocycles. The highest BCUT2D eigenvalue weighted by Crippen LogP contribution is 2.16. The fraction of sp³-hybridized carbons (Fsp3) is 0.385. The lowest BCUT2D eigenvalue weighted by Crippen LogP contribution is -2.42. The van der Waals surface area contributed by atoms with Crippen LogP contribution in [0.3, 0.4) is 0 Å². The van der Waals surface area contributed by atoms with E-state index >= 15 is 0 Å². The monoisotopic (exact) mass is 284 g/mol. The summed E-state index contributed by atoms with van der Waals surface area (Å²) in [6.45, 7) is 4.19. The average molecular weight is 285 g/mol. The van der Waals surface area contributed by atoms with Gasteiger partial charge in [-0.3, -0.25) is 10.1 Å². The van der Waals surface area contributed by atoms with Gasteiger partial charge in [0, 0.05) is 11.6 Å². The van der Waals surface area contributed by atoms with Crippen LogP contribution in [0, 0.1) is 5.92 Å². The molecule has 104 valence electrons. The highest BCUT2D eigenvalue weighted by molar-refractivity contribution is 6.30. The summed E-state index contributed by atoms with van der Waals surface area (Å²) in [5.41, 5.74) is 0. The first-order valence-corrected chi connectivity index (χ1v) is 6.31. The SMILES string of the molecule is CC(C)CNC(=O)NC(=O)COc1cccc(Cl)c1. The van der Waals surface area contributed by atoms with Crippen molar-refractivity contribution in [2.75, 3.05) is 13.2 Å². The number of amides is 3. The number of carbonyl (C=O) groups is 2. The molecule has 0 bridgehead atoms. The number of hydrogen-bond donors (Lipinski definition) is 2. The van der Waals surface area contributed by atoms with E-state index in [1.54, 1.807) is 24.3 Å². The molecule has 19 heavy (non-hydrogen) atoms. The summed E-state index contributed by atoms with van der Waals surface area (Å²) in [7, 11) is 0. The summed E-state index contributed by atoms with van der Waals surface area (Å²) < 4.78 is 5.20.